The van der Waals surface area contributed by atoms with Crippen LogP contribution in [0.25, 0.3) is 11.4 Å². The first kappa shape index (κ1) is 21.0. The predicted molar refractivity (Wildman–Crippen MR) is 103 cm³/mol. The lowest BCUT2D eigenvalue weighted by Gasteiger charge is -2.26. The molecule has 0 spiro atoms. The van der Waals surface area contributed by atoms with Crippen molar-refractivity contribution >= 4 is 16.0 Å². The van der Waals surface area contributed by atoms with Gasteiger partial charge in [0.15, 0.2) is 6.61 Å². The molecule has 1 fully saturated rings. The Morgan fingerprint density at radius 2 is 2.03 bits per heavy atom. The zero-order valence-corrected chi connectivity index (χ0v) is 16.9. The minimum atomic E-state index is -4.12. The van der Waals surface area contributed by atoms with E-state index in [2.05, 4.69) is 15.1 Å². The van der Waals surface area contributed by atoms with Crippen LogP contribution in [0.2, 0.25) is 0 Å². The highest BCUT2D eigenvalue weighted by Gasteiger charge is 2.30. The summed E-state index contributed by atoms with van der Waals surface area (Å²) in [7, 11) is -4.12. The molecule has 4 rings (SSSR count). The van der Waals surface area contributed by atoms with Crippen LogP contribution in [0.3, 0.4) is 0 Å². The second kappa shape index (κ2) is 8.88. The molecule has 0 atom stereocenters. The van der Waals surface area contributed by atoms with Crippen molar-refractivity contribution in [1.29, 1.82) is 0 Å². The molecule has 0 unspecified atom stereocenters. The Labute approximate surface area is 176 Å². The first-order valence-corrected chi connectivity index (χ1v) is 10.7. The number of carbonyl (C=O) groups is 1. The summed E-state index contributed by atoms with van der Waals surface area (Å²) < 4.78 is 56.1. The minimum absolute atomic E-state index is 0.0375. The average molecular weight is 448 g/mol. The van der Waals surface area contributed by atoms with E-state index < -0.39 is 26.7 Å². The Kier molecular flexibility index (Phi) is 6.02. The van der Waals surface area contributed by atoms with Gasteiger partial charge < -0.3 is 14.0 Å². The monoisotopic (exact) mass is 448 g/mol. The van der Waals surface area contributed by atoms with Crippen molar-refractivity contribution in [3.63, 3.8) is 0 Å². The number of nitrogens with zero attached hydrogens (tertiary/aromatic N) is 4. The molecule has 31 heavy (non-hydrogen) atoms. The van der Waals surface area contributed by atoms with Crippen LogP contribution in [0, 0.1) is 5.82 Å². The number of benzene rings is 1. The lowest BCUT2D eigenvalue weighted by Crippen LogP contribution is -2.41. The van der Waals surface area contributed by atoms with Gasteiger partial charge in [-0.2, -0.15) is 9.29 Å². The van der Waals surface area contributed by atoms with Gasteiger partial charge in [0, 0.05) is 31.0 Å². The third-order valence-electron chi connectivity index (χ3n) is 4.47. The maximum atomic E-state index is 14.3. The lowest BCUT2D eigenvalue weighted by atomic mass is 10.2. The Hall–Kier alpha value is -3.22. The van der Waals surface area contributed by atoms with Crippen molar-refractivity contribution in [2.75, 3.05) is 26.3 Å². The van der Waals surface area contributed by atoms with Crippen LogP contribution >= 0.6 is 0 Å². The Morgan fingerprint density at radius 3 is 2.77 bits per heavy atom. The van der Waals surface area contributed by atoms with E-state index in [1.165, 1.54) is 0 Å². The topological polar surface area (TPSA) is 125 Å². The fraction of sp³-hybridized carbons (Fsp3) is 0.263. The molecule has 2 aromatic heterocycles. The number of esters is 1. The SMILES string of the molecule is O=C(OCc1nc(-c2cccnc2)no1)c1ccc(F)c(S(=O)(=O)N2CCOCC2)c1. The predicted octanol–water partition coefficient (Wildman–Crippen LogP) is 1.65. The third-order valence-corrected chi connectivity index (χ3v) is 6.38. The molecule has 0 saturated carbocycles. The molecule has 12 heteroatoms. The molecule has 0 aliphatic carbocycles. The van der Waals surface area contributed by atoms with Gasteiger partial charge in [-0.15, -0.1) is 0 Å². The van der Waals surface area contributed by atoms with Crippen molar-refractivity contribution in [3.8, 4) is 11.4 Å². The molecule has 10 nitrogen and oxygen atoms in total. The van der Waals surface area contributed by atoms with Gasteiger partial charge in [0.2, 0.25) is 15.8 Å². The van der Waals surface area contributed by atoms with Crippen LogP contribution in [0.4, 0.5) is 4.39 Å². The molecule has 1 aliphatic rings. The Bertz CT molecular complexity index is 1180. The molecule has 1 aliphatic heterocycles. The van der Waals surface area contributed by atoms with E-state index >= 15 is 0 Å². The molecule has 0 bridgehead atoms. The zero-order chi connectivity index (χ0) is 21.8. The first-order chi connectivity index (χ1) is 14.9. The van der Waals surface area contributed by atoms with Crippen LogP contribution in [-0.4, -0.2) is 60.1 Å². The number of hydrogen-bond acceptors (Lipinski definition) is 9. The Balaban J connectivity index is 1.47. The van der Waals surface area contributed by atoms with E-state index in [1.807, 2.05) is 0 Å². The van der Waals surface area contributed by atoms with E-state index in [-0.39, 0.29) is 50.2 Å². The van der Waals surface area contributed by atoms with Gasteiger partial charge in [0.05, 0.1) is 18.8 Å². The van der Waals surface area contributed by atoms with Crippen LogP contribution < -0.4 is 0 Å². The quantitative estimate of drug-likeness (QED) is 0.518. The molecule has 0 amide bonds. The highest BCUT2D eigenvalue weighted by molar-refractivity contribution is 7.89. The van der Waals surface area contributed by atoms with Gasteiger partial charge in [-0.1, -0.05) is 5.16 Å². The summed E-state index contributed by atoms with van der Waals surface area (Å²) in [5, 5.41) is 3.78. The molecular weight excluding hydrogens is 431 g/mol. The maximum Gasteiger partial charge on any atom is 0.338 e. The summed E-state index contributed by atoms with van der Waals surface area (Å²) in [4.78, 5) is 19.9. The fourth-order valence-corrected chi connectivity index (χ4v) is 4.39. The normalized spacial score (nSPS) is 15.0. The smallest absolute Gasteiger partial charge is 0.338 e. The van der Waals surface area contributed by atoms with Gasteiger partial charge in [0.25, 0.3) is 5.89 Å². The van der Waals surface area contributed by atoms with Gasteiger partial charge in [0.1, 0.15) is 10.7 Å². The molecule has 0 radical (unpaired) electrons. The van der Waals surface area contributed by atoms with Crippen molar-refractivity contribution in [3.05, 3.63) is 60.0 Å². The second-order valence-electron chi connectivity index (χ2n) is 6.49. The second-order valence-corrected chi connectivity index (χ2v) is 8.40. The standard InChI is InChI=1S/C19H17FN4O6S/c20-15-4-3-13(10-16(15)31(26,27)24-6-8-28-9-7-24)19(25)29-12-17-22-18(23-30-17)14-2-1-5-21-11-14/h1-5,10-11H,6-9,12H2. The Morgan fingerprint density at radius 1 is 1.23 bits per heavy atom. The molecular formula is C19H17FN4O6S. The minimum Gasteiger partial charge on any atom is -0.452 e. The van der Waals surface area contributed by atoms with Crippen LogP contribution in [0.15, 0.2) is 52.1 Å². The van der Waals surface area contributed by atoms with Gasteiger partial charge in [-0.25, -0.2) is 17.6 Å². The molecule has 0 N–H and O–H groups in total. The van der Waals surface area contributed by atoms with E-state index in [1.54, 1.807) is 24.5 Å². The zero-order valence-electron chi connectivity index (χ0n) is 16.1. The summed E-state index contributed by atoms with van der Waals surface area (Å²) in [6, 6.07) is 6.46. The first-order valence-electron chi connectivity index (χ1n) is 9.23. The molecule has 162 valence electrons. The van der Waals surface area contributed by atoms with Gasteiger partial charge in [-0.05, 0) is 30.3 Å². The van der Waals surface area contributed by atoms with E-state index in [4.69, 9.17) is 14.0 Å². The van der Waals surface area contributed by atoms with E-state index in [0.717, 1.165) is 22.5 Å². The summed E-state index contributed by atoms with van der Waals surface area (Å²) in [5.74, 6) is -1.50. The molecule has 1 aromatic carbocycles. The molecule has 3 heterocycles. The van der Waals surface area contributed by atoms with Gasteiger partial charge >= 0.3 is 5.97 Å². The average Bonchev–Trinajstić information content (AvgIpc) is 3.28. The van der Waals surface area contributed by atoms with Gasteiger partial charge in [-0.3, -0.25) is 4.98 Å². The number of carbonyl (C=O) groups excluding carboxylic acids is 1. The van der Waals surface area contributed by atoms with Crippen LogP contribution in [0.1, 0.15) is 16.2 Å². The summed E-state index contributed by atoms with van der Waals surface area (Å²) in [6.45, 7) is 0.302. The largest absolute Gasteiger partial charge is 0.452 e. The number of morpholine rings is 1. The fourth-order valence-electron chi connectivity index (χ4n) is 2.89. The van der Waals surface area contributed by atoms with Crippen LogP contribution in [-0.2, 0) is 26.1 Å². The highest BCUT2D eigenvalue weighted by Crippen LogP contribution is 2.22. The number of ether oxygens (including phenoxy) is 2. The summed E-state index contributed by atoms with van der Waals surface area (Å²) in [6.07, 6.45) is 3.15. The molecule has 1 saturated heterocycles. The summed E-state index contributed by atoms with van der Waals surface area (Å²) in [5.41, 5.74) is 0.501. The number of sulfonamides is 1. The number of hydrogen-bond donors (Lipinski definition) is 0. The van der Waals surface area contributed by atoms with E-state index in [9.17, 15) is 17.6 Å². The molecule has 3 aromatic rings. The lowest BCUT2D eigenvalue weighted by molar-refractivity contribution is 0.0429. The number of pyridine rings is 1. The third kappa shape index (κ3) is 4.60. The number of rotatable bonds is 6. The van der Waals surface area contributed by atoms with Crippen molar-refractivity contribution in [1.82, 2.24) is 19.4 Å². The highest BCUT2D eigenvalue weighted by atomic mass is 32.2. The van der Waals surface area contributed by atoms with Crippen molar-refractivity contribution in [2.45, 2.75) is 11.5 Å². The van der Waals surface area contributed by atoms with Crippen molar-refractivity contribution in [2.24, 2.45) is 0 Å². The maximum absolute atomic E-state index is 14.3. The van der Waals surface area contributed by atoms with E-state index in [0.29, 0.717) is 5.56 Å². The number of aromatic nitrogens is 3. The summed E-state index contributed by atoms with van der Waals surface area (Å²) >= 11 is 0. The number of halogens is 1. The van der Waals surface area contributed by atoms with Crippen LogP contribution in [0.5, 0.6) is 0 Å². The van der Waals surface area contributed by atoms with Crippen molar-refractivity contribution < 1.29 is 31.6 Å².